The van der Waals surface area contributed by atoms with Crippen LogP contribution in [0.2, 0.25) is 0 Å². The summed E-state index contributed by atoms with van der Waals surface area (Å²) < 4.78 is 5.59. The molecule has 3 nitrogen and oxygen atoms in total. The standard InChI is InChI=1S/C17H23NO2/c1-2-14-5-3-4-6-16(14)20-17(19)12-9-13-7-10-15(18)11-8-13/h7-12,14,16H,2-6,18H2,1H3/b12-9+. The van der Waals surface area contributed by atoms with Crippen LogP contribution < -0.4 is 5.73 Å². The predicted molar refractivity (Wildman–Crippen MR) is 82.0 cm³/mol. The Hall–Kier alpha value is -1.77. The second kappa shape index (κ2) is 7.13. The van der Waals surface area contributed by atoms with E-state index in [1.54, 1.807) is 6.08 Å². The second-order valence-corrected chi connectivity index (χ2v) is 5.43. The van der Waals surface area contributed by atoms with E-state index in [1.807, 2.05) is 24.3 Å². The van der Waals surface area contributed by atoms with Gasteiger partial charge >= 0.3 is 5.97 Å². The van der Waals surface area contributed by atoms with Crippen molar-refractivity contribution in [3.05, 3.63) is 35.9 Å². The van der Waals surface area contributed by atoms with Crippen LogP contribution in [0.1, 0.15) is 44.6 Å². The van der Waals surface area contributed by atoms with Crippen LogP contribution in [-0.4, -0.2) is 12.1 Å². The largest absolute Gasteiger partial charge is 0.459 e. The number of nitrogens with two attached hydrogens (primary N) is 1. The molecule has 1 fully saturated rings. The molecule has 1 aromatic carbocycles. The number of nitrogen functional groups attached to an aromatic ring is 1. The smallest absolute Gasteiger partial charge is 0.331 e. The molecule has 3 heteroatoms. The van der Waals surface area contributed by atoms with E-state index in [0.717, 1.165) is 30.5 Å². The molecule has 1 aromatic rings. The highest BCUT2D eigenvalue weighted by Crippen LogP contribution is 2.29. The first kappa shape index (κ1) is 14.6. The lowest BCUT2D eigenvalue weighted by Crippen LogP contribution is -2.29. The van der Waals surface area contributed by atoms with Gasteiger partial charge in [-0.25, -0.2) is 4.79 Å². The Morgan fingerprint density at radius 1 is 1.30 bits per heavy atom. The average molecular weight is 273 g/mol. The molecule has 0 aliphatic heterocycles. The van der Waals surface area contributed by atoms with Crippen molar-refractivity contribution in [1.29, 1.82) is 0 Å². The number of hydrogen-bond donors (Lipinski definition) is 1. The van der Waals surface area contributed by atoms with E-state index in [9.17, 15) is 4.79 Å². The summed E-state index contributed by atoms with van der Waals surface area (Å²) in [6.45, 7) is 2.17. The zero-order valence-electron chi connectivity index (χ0n) is 12.0. The minimum absolute atomic E-state index is 0.0947. The summed E-state index contributed by atoms with van der Waals surface area (Å²) >= 11 is 0. The zero-order valence-corrected chi connectivity index (χ0v) is 12.0. The van der Waals surface area contributed by atoms with E-state index < -0.39 is 0 Å². The zero-order chi connectivity index (χ0) is 14.4. The molecule has 2 N–H and O–H groups in total. The lowest BCUT2D eigenvalue weighted by molar-refractivity contribution is -0.147. The third-order valence-electron chi connectivity index (χ3n) is 3.98. The molecule has 0 saturated heterocycles. The maximum atomic E-state index is 11.9. The van der Waals surface area contributed by atoms with Gasteiger partial charge < -0.3 is 10.5 Å². The molecular weight excluding hydrogens is 250 g/mol. The highest BCUT2D eigenvalue weighted by Gasteiger charge is 2.26. The Balaban J connectivity index is 1.89. The van der Waals surface area contributed by atoms with Crippen LogP contribution in [0.3, 0.4) is 0 Å². The fourth-order valence-corrected chi connectivity index (χ4v) is 2.76. The van der Waals surface area contributed by atoms with Gasteiger partial charge in [0.2, 0.25) is 0 Å². The molecule has 2 atom stereocenters. The highest BCUT2D eigenvalue weighted by atomic mass is 16.5. The van der Waals surface area contributed by atoms with Crippen LogP contribution in [0.15, 0.2) is 30.3 Å². The Bertz CT molecular complexity index is 464. The minimum atomic E-state index is -0.243. The predicted octanol–water partition coefficient (Wildman–Crippen LogP) is 3.79. The summed E-state index contributed by atoms with van der Waals surface area (Å²) in [5.74, 6) is 0.282. The van der Waals surface area contributed by atoms with Gasteiger partial charge in [-0.2, -0.15) is 0 Å². The van der Waals surface area contributed by atoms with Gasteiger partial charge in [-0.1, -0.05) is 25.5 Å². The molecule has 1 aliphatic rings. The summed E-state index contributed by atoms with van der Waals surface area (Å²) in [7, 11) is 0. The fourth-order valence-electron chi connectivity index (χ4n) is 2.76. The van der Waals surface area contributed by atoms with Crippen molar-refractivity contribution in [2.75, 3.05) is 5.73 Å². The molecule has 0 bridgehead atoms. The SMILES string of the molecule is CCC1CCCCC1OC(=O)/C=C/c1ccc(N)cc1. The first-order chi connectivity index (χ1) is 9.69. The van der Waals surface area contributed by atoms with Gasteiger partial charge in [-0.05, 0) is 55.4 Å². The number of anilines is 1. The van der Waals surface area contributed by atoms with Gasteiger partial charge in [0.25, 0.3) is 0 Å². The number of benzene rings is 1. The molecule has 1 aliphatic carbocycles. The average Bonchev–Trinajstić information content (AvgIpc) is 2.47. The van der Waals surface area contributed by atoms with Crippen LogP contribution in [0.25, 0.3) is 6.08 Å². The monoisotopic (exact) mass is 273 g/mol. The lowest BCUT2D eigenvalue weighted by Gasteiger charge is -2.29. The van der Waals surface area contributed by atoms with Crippen molar-refractivity contribution in [2.24, 2.45) is 5.92 Å². The molecule has 20 heavy (non-hydrogen) atoms. The first-order valence-electron chi connectivity index (χ1n) is 7.43. The highest BCUT2D eigenvalue weighted by molar-refractivity contribution is 5.87. The molecule has 0 amide bonds. The number of hydrogen-bond acceptors (Lipinski definition) is 3. The van der Waals surface area contributed by atoms with Gasteiger partial charge in [-0.3, -0.25) is 0 Å². The van der Waals surface area contributed by atoms with Crippen molar-refractivity contribution in [3.8, 4) is 0 Å². The summed E-state index contributed by atoms with van der Waals surface area (Å²) in [5, 5.41) is 0. The van der Waals surface area contributed by atoms with Gasteiger partial charge in [0, 0.05) is 11.8 Å². The summed E-state index contributed by atoms with van der Waals surface area (Å²) in [6, 6.07) is 7.40. The van der Waals surface area contributed by atoms with Crippen molar-refractivity contribution in [2.45, 2.75) is 45.1 Å². The van der Waals surface area contributed by atoms with Gasteiger partial charge in [0.1, 0.15) is 6.10 Å². The van der Waals surface area contributed by atoms with Crippen molar-refractivity contribution in [3.63, 3.8) is 0 Å². The third-order valence-corrected chi connectivity index (χ3v) is 3.98. The number of carbonyl (C=O) groups excluding carboxylic acids is 1. The normalized spacial score (nSPS) is 22.9. The van der Waals surface area contributed by atoms with E-state index in [4.69, 9.17) is 10.5 Å². The molecule has 2 rings (SSSR count). The molecular formula is C17H23NO2. The Labute approximate surface area is 120 Å². The third kappa shape index (κ3) is 4.12. The van der Waals surface area contributed by atoms with Gasteiger partial charge in [0.05, 0.1) is 0 Å². The minimum Gasteiger partial charge on any atom is -0.459 e. The van der Waals surface area contributed by atoms with Crippen molar-refractivity contribution in [1.82, 2.24) is 0 Å². The Morgan fingerprint density at radius 2 is 2.00 bits per heavy atom. The molecule has 0 radical (unpaired) electrons. The molecule has 108 valence electrons. The van der Waals surface area contributed by atoms with Gasteiger partial charge in [-0.15, -0.1) is 0 Å². The van der Waals surface area contributed by atoms with E-state index in [1.165, 1.54) is 18.9 Å². The lowest BCUT2D eigenvalue weighted by atomic mass is 9.85. The van der Waals surface area contributed by atoms with Crippen LogP contribution in [0.4, 0.5) is 5.69 Å². The Morgan fingerprint density at radius 3 is 2.70 bits per heavy atom. The number of carbonyl (C=O) groups is 1. The molecule has 0 spiro atoms. The quantitative estimate of drug-likeness (QED) is 0.516. The second-order valence-electron chi connectivity index (χ2n) is 5.43. The van der Waals surface area contributed by atoms with Crippen LogP contribution in [0.5, 0.6) is 0 Å². The summed E-state index contributed by atoms with van der Waals surface area (Å²) in [4.78, 5) is 11.9. The molecule has 0 aromatic heterocycles. The van der Waals surface area contributed by atoms with Crippen LogP contribution in [-0.2, 0) is 9.53 Å². The number of rotatable bonds is 4. The van der Waals surface area contributed by atoms with Crippen LogP contribution in [0, 0.1) is 5.92 Å². The van der Waals surface area contributed by atoms with E-state index in [2.05, 4.69) is 6.92 Å². The topological polar surface area (TPSA) is 52.3 Å². The molecule has 0 heterocycles. The Kier molecular flexibility index (Phi) is 5.22. The van der Waals surface area contributed by atoms with Gasteiger partial charge in [0.15, 0.2) is 0 Å². The van der Waals surface area contributed by atoms with E-state index in [-0.39, 0.29) is 12.1 Å². The maximum Gasteiger partial charge on any atom is 0.331 e. The summed E-state index contributed by atoms with van der Waals surface area (Å²) in [6.07, 6.45) is 9.05. The van der Waals surface area contributed by atoms with E-state index in [0.29, 0.717) is 5.92 Å². The van der Waals surface area contributed by atoms with Crippen molar-refractivity contribution < 1.29 is 9.53 Å². The molecule has 1 saturated carbocycles. The number of ether oxygens (including phenoxy) is 1. The maximum absolute atomic E-state index is 11.9. The van der Waals surface area contributed by atoms with Crippen molar-refractivity contribution >= 4 is 17.7 Å². The molecule has 2 unspecified atom stereocenters. The number of esters is 1. The summed E-state index contributed by atoms with van der Waals surface area (Å²) in [5.41, 5.74) is 7.29. The van der Waals surface area contributed by atoms with Crippen LogP contribution >= 0.6 is 0 Å². The fraction of sp³-hybridized carbons (Fsp3) is 0.471. The first-order valence-corrected chi connectivity index (χ1v) is 7.43. The van der Waals surface area contributed by atoms with E-state index >= 15 is 0 Å².